The third kappa shape index (κ3) is 6.56. The van der Waals surface area contributed by atoms with Gasteiger partial charge in [-0.2, -0.15) is 31.6 Å². The van der Waals surface area contributed by atoms with Gasteiger partial charge in [0.25, 0.3) is 0 Å². The highest BCUT2D eigenvalue weighted by Crippen LogP contribution is 2.39. The van der Waals surface area contributed by atoms with E-state index >= 15 is 0 Å². The van der Waals surface area contributed by atoms with Gasteiger partial charge in [0, 0.05) is 31.9 Å². The Balaban J connectivity index is 1.52. The van der Waals surface area contributed by atoms with E-state index in [1.807, 2.05) is 6.07 Å². The number of primary amides is 1. The molecule has 34 heavy (non-hydrogen) atoms. The topological polar surface area (TPSA) is 73.4 Å². The van der Waals surface area contributed by atoms with Crippen LogP contribution in [0.25, 0.3) is 0 Å². The fourth-order valence-electron chi connectivity index (χ4n) is 4.93. The van der Waals surface area contributed by atoms with E-state index in [4.69, 9.17) is 11.0 Å². The minimum Gasteiger partial charge on any atom is -0.369 e. The highest BCUT2D eigenvalue weighted by Gasteiger charge is 2.38. The number of nitrogens with zero attached hydrogens (tertiary/aromatic N) is 3. The fourth-order valence-corrected chi connectivity index (χ4v) is 4.93. The standard InChI is InChI=1S/C23H28F6N4O/c24-22(25,26)17-11-18(23(27,28)29)13-19(12-17)33-9-7-32(8-10-33)6-5-15-1-3-16(4-2-15)20(14-30)21(31)34/h11-13,15-16,20H,1-10H2,(H2,31,34). The van der Waals surface area contributed by atoms with E-state index in [0.717, 1.165) is 50.8 Å². The molecule has 1 heterocycles. The molecule has 11 heteroatoms. The normalized spacial score (nSPS) is 23.4. The van der Waals surface area contributed by atoms with Crippen molar-refractivity contribution in [3.05, 3.63) is 29.3 Å². The lowest BCUT2D eigenvalue weighted by Crippen LogP contribution is -2.47. The second-order valence-electron chi connectivity index (χ2n) is 9.17. The van der Waals surface area contributed by atoms with E-state index < -0.39 is 35.3 Å². The average Bonchev–Trinajstić information content (AvgIpc) is 2.77. The van der Waals surface area contributed by atoms with Crippen molar-refractivity contribution in [2.24, 2.45) is 23.5 Å². The van der Waals surface area contributed by atoms with Crippen LogP contribution in [0, 0.1) is 29.1 Å². The van der Waals surface area contributed by atoms with Gasteiger partial charge in [0.15, 0.2) is 0 Å². The van der Waals surface area contributed by atoms with Crippen molar-refractivity contribution in [2.75, 3.05) is 37.6 Å². The monoisotopic (exact) mass is 490 g/mol. The zero-order chi connectivity index (χ0) is 25.1. The Bertz CT molecular complexity index is 862. The molecule has 2 N–H and O–H groups in total. The maximum absolute atomic E-state index is 13.1. The Labute approximate surface area is 194 Å². The van der Waals surface area contributed by atoms with Crippen molar-refractivity contribution >= 4 is 11.6 Å². The molecule has 0 spiro atoms. The smallest absolute Gasteiger partial charge is 0.369 e. The van der Waals surface area contributed by atoms with Crippen molar-refractivity contribution < 1.29 is 31.1 Å². The summed E-state index contributed by atoms with van der Waals surface area (Å²) < 4.78 is 78.8. The summed E-state index contributed by atoms with van der Waals surface area (Å²) in [6.07, 6.45) is -5.44. The Morgan fingerprint density at radius 2 is 1.50 bits per heavy atom. The molecule has 1 aliphatic carbocycles. The molecule has 0 radical (unpaired) electrons. The summed E-state index contributed by atoms with van der Waals surface area (Å²) in [6, 6.07) is 3.71. The molecule has 1 aromatic rings. The molecule has 1 saturated carbocycles. The van der Waals surface area contributed by atoms with E-state index in [-0.39, 0.29) is 17.7 Å². The Hall–Kier alpha value is -2.48. The zero-order valence-corrected chi connectivity index (χ0v) is 18.6. The minimum atomic E-state index is -4.86. The Kier molecular flexibility index (Phi) is 8.01. The number of benzene rings is 1. The van der Waals surface area contributed by atoms with Crippen molar-refractivity contribution in [2.45, 2.75) is 44.5 Å². The van der Waals surface area contributed by atoms with Gasteiger partial charge in [-0.25, -0.2) is 0 Å². The molecule has 1 aromatic carbocycles. The predicted molar refractivity (Wildman–Crippen MR) is 113 cm³/mol. The fraction of sp³-hybridized carbons (Fsp3) is 0.652. The second-order valence-corrected chi connectivity index (χ2v) is 9.17. The number of halogens is 6. The molecule has 188 valence electrons. The number of hydrogen-bond acceptors (Lipinski definition) is 4. The number of carbonyl (C=O) groups is 1. The molecule has 2 aliphatic rings. The summed E-state index contributed by atoms with van der Waals surface area (Å²) in [7, 11) is 0. The van der Waals surface area contributed by atoms with Gasteiger partial charge >= 0.3 is 12.4 Å². The number of carbonyl (C=O) groups excluding carboxylic acids is 1. The van der Waals surface area contributed by atoms with Crippen LogP contribution < -0.4 is 10.6 Å². The highest BCUT2D eigenvalue weighted by atomic mass is 19.4. The maximum atomic E-state index is 13.1. The Morgan fingerprint density at radius 1 is 0.971 bits per heavy atom. The molecular formula is C23H28F6N4O. The van der Waals surface area contributed by atoms with E-state index in [9.17, 15) is 31.1 Å². The van der Waals surface area contributed by atoms with Crippen LogP contribution in [0.5, 0.6) is 0 Å². The van der Waals surface area contributed by atoms with Gasteiger partial charge in [-0.05, 0) is 55.8 Å². The van der Waals surface area contributed by atoms with Crippen LogP contribution in [0.1, 0.15) is 43.2 Å². The zero-order valence-electron chi connectivity index (χ0n) is 18.6. The third-order valence-electron chi connectivity index (χ3n) is 6.97. The lowest BCUT2D eigenvalue weighted by atomic mass is 9.75. The molecule has 1 amide bonds. The first-order valence-electron chi connectivity index (χ1n) is 11.3. The van der Waals surface area contributed by atoms with E-state index in [1.165, 1.54) is 0 Å². The molecular weight excluding hydrogens is 462 g/mol. The first kappa shape index (κ1) is 26.1. The molecule has 0 aromatic heterocycles. The number of piperazine rings is 1. The molecule has 1 saturated heterocycles. The molecule has 0 bridgehead atoms. The van der Waals surface area contributed by atoms with Crippen LogP contribution in [0.2, 0.25) is 0 Å². The number of nitrogens with two attached hydrogens (primary N) is 1. The van der Waals surface area contributed by atoms with Gasteiger partial charge in [-0.1, -0.05) is 12.8 Å². The summed E-state index contributed by atoms with van der Waals surface area (Å²) in [6.45, 7) is 2.56. The molecule has 3 rings (SSSR count). The van der Waals surface area contributed by atoms with E-state index in [0.29, 0.717) is 32.1 Å². The van der Waals surface area contributed by atoms with Crippen LogP contribution in [0.3, 0.4) is 0 Å². The first-order chi connectivity index (χ1) is 15.9. The molecule has 5 nitrogen and oxygen atoms in total. The van der Waals surface area contributed by atoms with Crippen LogP contribution in [-0.2, 0) is 17.1 Å². The number of anilines is 1. The quantitative estimate of drug-likeness (QED) is 0.589. The molecule has 2 fully saturated rings. The van der Waals surface area contributed by atoms with Gasteiger partial charge in [0.05, 0.1) is 17.2 Å². The number of rotatable bonds is 6. The van der Waals surface area contributed by atoms with Crippen molar-refractivity contribution in [1.82, 2.24) is 4.90 Å². The van der Waals surface area contributed by atoms with Crippen LogP contribution in [0.15, 0.2) is 18.2 Å². The van der Waals surface area contributed by atoms with Crippen LogP contribution in [-0.4, -0.2) is 43.5 Å². The van der Waals surface area contributed by atoms with Crippen molar-refractivity contribution in [1.29, 1.82) is 5.26 Å². The number of nitriles is 1. The van der Waals surface area contributed by atoms with Gasteiger partial charge < -0.3 is 10.6 Å². The van der Waals surface area contributed by atoms with Gasteiger partial charge in [0.2, 0.25) is 5.91 Å². The van der Waals surface area contributed by atoms with Gasteiger partial charge in [-0.3, -0.25) is 9.69 Å². The predicted octanol–water partition coefficient (Wildman–Crippen LogP) is 4.67. The number of alkyl halides is 6. The average molecular weight is 490 g/mol. The SMILES string of the molecule is N#CC(C(N)=O)C1CCC(CCN2CCN(c3cc(C(F)(F)F)cc(C(F)(F)F)c3)CC2)CC1. The largest absolute Gasteiger partial charge is 0.416 e. The summed E-state index contributed by atoms with van der Waals surface area (Å²) >= 11 is 0. The minimum absolute atomic E-state index is 0.00338. The highest BCUT2D eigenvalue weighted by molar-refractivity contribution is 5.79. The van der Waals surface area contributed by atoms with Gasteiger partial charge in [-0.15, -0.1) is 0 Å². The van der Waals surface area contributed by atoms with Crippen molar-refractivity contribution in [3.63, 3.8) is 0 Å². The first-order valence-corrected chi connectivity index (χ1v) is 11.3. The second kappa shape index (κ2) is 10.4. The molecule has 1 unspecified atom stereocenters. The number of amides is 1. The Morgan fingerprint density at radius 3 is 1.94 bits per heavy atom. The summed E-state index contributed by atoms with van der Waals surface area (Å²) in [4.78, 5) is 15.1. The van der Waals surface area contributed by atoms with Gasteiger partial charge in [0.1, 0.15) is 5.92 Å². The molecule has 1 atom stereocenters. The number of hydrogen-bond donors (Lipinski definition) is 1. The lowest BCUT2D eigenvalue weighted by molar-refractivity contribution is -0.143. The van der Waals surface area contributed by atoms with Crippen LogP contribution in [0.4, 0.5) is 32.0 Å². The van der Waals surface area contributed by atoms with E-state index in [2.05, 4.69) is 4.90 Å². The summed E-state index contributed by atoms with van der Waals surface area (Å²) in [5.41, 5.74) is 2.63. The van der Waals surface area contributed by atoms with E-state index in [1.54, 1.807) is 4.90 Å². The van der Waals surface area contributed by atoms with Crippen LogP contribution >= 0.6 is 0 Å². The van der Waals surface area contributed by atoms with Crippen molar-refractivity contribution in [3.8, 4) is 6.07 Å². The summed E-state index contributed by atoms with van der Waals surface area (Å²) in [5, 5.41) is 9.13. The summed E-state index contributed by atoms with van der Waals surface area (Å²) in [5.74, 6) is -0.870. The lowest BCUT2D eigenvalue weighted by Gasteiger charge is -2.37. The maximum Gasteiger partial charge on any atom is 0.416 e. The third-order valence-corrected chi connectivity index (χ3v) is 6.97. The molecule has 1 aliphatic heterocycles.